The Hall–Kier alpha value is -1.88. The third-order valence-electron chi connectivity index (χ3n) is 4.31. The van der Waals surface area contributed by atoms with E-state index in [0.717, 1.165) is 26.1 Å². The summed E-state index contributed by atoms with van der Waals surface area (Å²) in [6.45, 7) is 7.98. The highest BCUT2D eigenvalue weighted by Gasteiger charge is 2.23. The van der Waals surface area contributed by atoms with Gasteiger partial charge in [-0.15, -0.1) is 0 Å². The van der Waals surface area contributed by atoms with E-state index in [1.165, 1.54) is 5.56 Å². The van der Waals surface area contributed by atoms with Crippen molar-refractivity contribution in [2.75, 3.05) is 26.2 Å². The molecule has 126 valence electrons. The summed E-state index contributed by atoms with van der Waals surface area (Å²) in [5.74, 6) is -0.235. The summed E-state index contributed by atoms with van der Waals surface area (Å²) < 4.78 is 0. The van der Waals surface area contributed by atoms with Crippen LogP contribution in [0.1, 0.15) is 32.3 Å². The standard InChI is InChI=1S/C18H27N3O2/c1-3-15(2)19-17(22)13-18(23)21-11-9-20(10-12-21)14-16-7-5-4-6-8-16/h4-8,15H,3,9-14H2,1-2H3,(H,19,22). The van der Waals surface area contributed by atoms with E-state index in [2.05, 4.69) is 22.3 Å². The minimum atomic E-state index is -0.170. The van der Waals surface area contributed by atoms with Gasteiger partial charge in [-0.25, -0.2) is 0 Å². The van der Waals surface area contributed by atoms with Crippen LogP contribution >= 0.6 is 0 Å². The van der Waals surface area contributed by atoms with Gasteiger partial charge in [0, 0.05) is 38.8 Å². The fourth-order valence-electron chi connectivity index (χ4n) is 2.67. The third-order valence-corrected chi connectivity index (χ3v) is 4.31. The summed E-state index contributed by atoms with van der Waals surface area (Å²) in [6.07, 6.45) is 0.834. The Kier molecular flexibility index (Phi) is 6.59. The fourth-order valence-corrected chi connectivity index (χ4v) is 2.67. The highest BCUT2D eigenvalue weighted by Crippen LogP contribution is 2.09. The molecule has 2 amide bonds. The van der Waals surface area contributed by atoms with E-state index in [-0.39, 0.29) is 24.3 Å². The third kappa shape index (κ3) is 5.67. The Morgan fingerprint density at radius 1 is 1.13 bits per heavy atom. The van der Waals surface area contributed by atoms with Crippen molar-refractivity contribution in [2.45, 2.75) is 39.3 Å². The van der Waals surface area contributed by atoms with Crippen molar-refractivity contribution in [3.05, 3.63) is 35.9 Å². The van der Waals surface area contributed by atoms with Gasteiger partial charge in [0.25, 0.3) is 0 Å². The zero-order valence-electron chi connectivity index (χ0n) is 14.1. The quantitative estimate of drug-likeness (QED) is 0.812. The maximum atomic E-state index is 12.2. The highest BCUT2D eigenvalue weighted by atomic mass is 16.2. The molecule has 0 bridgehead atoms. The Morgan fingerprint density at radius 2 is 1.78 bits per heavy atom. The molecule has 0 saturated carbocycles. The smallest absolute Gasteiger partial charge is 0.232 e. The van der Waals surface area contributed by atoms with Crippen LogP contribution in [0.3, 0.4) is 0 Å². The first-order chi connectivity index (χ1) is 11.1. The van der Waals surface area contributed by atoms with Gasteiger partial charge in [0.05, 0.1) is 0 Å². The molecule has 2 rings (SSSR count). The molecule has 5 nitrogen and oxygen atoms in total. The summed E-state index contributed by atoms with van der Waals surface area (Å²) in [7, 11) is 0. The summed E-state index contributed by atoms with van der Waals surface area (Å²) in [5.41, 5.74) is 1.29. The van der Waals surface area contributed by atoms with Crippen LogP contribution in [-0.4, -0.2) is 53.8 Å². The molecule has 0 aliphatic carbocycles. The fraction of sp³-hybridized carbons (Fsp3) is 0.556. The minimum absolute atomic E-state index is 0.0387. The molecule has 0 aromatic heterocycles. The van der Waals surface area contributed by atoms with Crippen molar-refractivity contribution < 1.29 is 9.59 Å². The van der Waals surface area contributed by atoms with E-state index in [0.29, 0.717) is 13.1 Å². The van der Waals surface area contributed by atoms with Crippen LogP contribution in [0.4, 0.5) is 0 Å². The maximum absolute atomic E-state index is 12.2. The second-order valence-corrected chi connectivity index (χ2v) is 6.20. The molecular formula is C18H27N3O2. The van der Waals surface area contributed by atoms with Crippen LogP contribution in [0, 0.1) is 0 Å². The SMILES string of the molecule is CCC(C)NC(=O)CC(=O)N1CCN(Cc2ccccc2)CC1. The summed E-state index contributed by atoms with van der Waals surface area (Å²) in [6, 6.07) is 10.5. The summed E-state index contributed by atoms with van der Waals surface area (Å²) in [5, 5.41) is 2.84. The molecule has 0 spiro atoms. The Bertz CT molecular complexity index is 510. The zero-order chi connectivity index (χ0) is 16.7. The number of carbonyl (C=O) groups is 2. The van der Waals surface area contributed by atoms with E-state index >= 15 is 0 Å². The second-order valence-electron chi connectivity index (χ2n) is 6.20. The van der Waals surface area contributed by atoms with Crippen LogP contribution < -0.4 is 5.32 Å². The number of carbonyl (C=O) groups excluding carboxylic acids is 2. The number of benzene rings is 1. The van der Waals surface area contributed by atoms with Gasteiger partial charge in [-0.1, -0.05) is 37.3 Å². The first-order valence-electron chi connectivity index (χ1n) is 8.42. The van der Waals surface area contributed by atoms with Crippen molar-refractivity contribution in [3.63, 3.8) is 0 Å². The normalized spacial score (nSPS) is 16.9. The molecule has 1 saturated heterocycles. The van der Waals surface area contributed by atoms with Gasteiger partial charge < -0.3 is 10.2 Å². The van der Waals surface area contributed by atoms with Crippen LogP contribution in [-0.2, 0) is 16.1 Å². The van der Waals surface area contributed by atoms with Crippen LogP contribution in [0.15, 0.2) is 30.3 Å². The van der Waals surface area contributed by atoms with E-state index in [1.54, 1.807) is 4.90 Å². The van der Waals surface area contributed by atoms with Gasteiger partial charge in [0.2, 0.25) is 11.8 Å². The molecule has 1 heterocycles. The van der Waals surface area contributed by atoms with E-state index in [1.807, 2.05) is 32.0 Å². The lowest BCUT2D eigenvalue weighted by Gasteiger charge is -2.34. The molecule has 1 fully saturated rings. The monoisotopic (exact) mass is 317 g/mol. The number of rotatable bonds is 6. The molecule has 1 aliphatic heterocycles. The Morgan fingerprint density at radius 3 is 2.39 bits per heavy atom. The van der Waals surface area contributed by atoms with Crippen LogP contribution in [0.5, 0.6) is 0 Å². The number of amides is 2. The second kappa shape index (κ2) is 8.67. The molecule has 1 atom stereocenters. The van der Waals surface area contributed by atoms with Crippen molar-refractivity contribution in [2.24, 2.45) is 0 Å². The van der Waals surface area contributed by atoms with E-state index in [4.69, 9.17) is 0 Å². The van der Waals surface area contributed by atoms with Crippen molar-refractivity contribution >= 4 is 11.8 Å². The number of hydrogen-bond acceptors (Lipinski definition) is 3. The molecule has 23 heavy (non-hydrogen) atoms. The first kappa shape index (κ1) is 17.5. The van der Waals surface area contributed by atoms with Gasteiger partial charge in [-0.3, -0.25) is 14.5 Å². The molecule has 1 aromatic rings. The average molecular weight is 317 g/mol. The van der Waals surface area contributed by atoms with Gasteiger partial charge in [-0.05, 0) is 18.9 Å². The van der Waals surface area contributed by atoms with Gasteiger partial charge in [0.1, 0.15) is 6.42 Å². The molecular weight excluding hydrogens is 290 g/mol. The van der Waals surface area contributed by atoms with Gasteiger partial charge in [0.15, 0.2) is 0 Å². The zero-order valence-corrected chi connectivity index (χ0v) is 14.1. The molecule has 0 radical (unpaired) electrons. The average Bonchev–Trinajstić information content (AvgIpc) is 2.56. The number of nitrogens with zero attached hydrogens (tertiary/aromatic N) is 2. The number of hydrogen-bond donors (Lipinski definition) is 1. The van der Waals surface area contributed by atoms with E-state index in [9.17, 15) is 9.59 Å². The summed E-state index contributed by atoms with van der Waals surface area (Å²) >= 11 is 0. The molecule has 1 N–H and O–H groups in total. The number of piperazine rings is 1. The highest BCUT2D eigenvalue weighted by molar-refractivity contribution is 5.97. The lowest BCUT2D eigenvalue weighted by molar-refractivity contribution is -0.137. The van der Waals surface area contributed by atoms with Gasteiger partial charge in [-0.2, -0.15) is 0 Å². The van der Waals surface area contributed by atoms with Crippen LogP contribution in [0.2, 0.25) is 0 Å². The molecule has 1 aliphatic rings. The van der Waals surface area contributed by atoms with Gasteiger partial charge >= 0.3 is 0 Å². The minimum Gasteiger partial charge on any atom is -0.353 e. The van der Waals surface area contributed by atoms with Crippen molar-refractivity contribution in [1.29, 1.82) is 0 Å². The van der Waals surface area contributed by atoms with Crippen molar-refractivity contribution in [3.8, 4) is 0 Å². The van der Waals surface area contributed by atoms with Crippen LogP contribution in [0.25, 0.3) is 0 Å². The maximum Gasteiger partial charge on any atom is 0.232 e. The Labute approximate surface area is 138 Å². The molecule has 1 unspecified atom stereocenters. The molecule has 5 heteroatoms. The lowest BCUT2D eigenvalue weighted by atomic mass is 10.2. The van der Waals surface area contributed by atoms with Crippen molar-refractivity contribution in [1.82, 2.24) is 15.1 Å². The molecule has 1 aromatic carbocycles. The number of nitrogens with one attached hydrogen (secondary N) is 1. The largest absolute Gasteiger partial charge is 0.353 e. The first-order valence-corrected chi connectivity index (χ1v) is 8.42. The lowest BCUT2D eigenvalue weighted by Crippen LogP contribution is -2.49. The van der Waals surface area contributed by atoms with E-state index < -0.39 is 0 Å². The topological polar surface area (TPSA) is 52.7 Å². The predicted molar refractivity (Wildman–Crippen MR) is 90.8 cm³/mol. The summed E-state index contributed by atoms with van der Waals surface area (Å²) in [4.78, 5) is 28.1. The predicted octanol–water partition coefficient (Wildman–Crippen LogP) is 1.64. The Balaban J connectivity index is 1.73.